The van der Waals surface area contributed by atoms with E-state index in [0.29, 0.717) is 12.0 Å². The van der Waals surface area contributed by atoms with Gasteiger partial charge < -0.3 is 14.5 Å². The molecule has 3 saturated heterocycles. The molecule has 0 saturated carbocycles. The first-order chi connectivity index (χ1) is 10.2. The number of piperidine rings is 1. The number of likely N-dealkylation sites (tertiary alicyclic amines) is 3. The molecule has 0 radical (unpaired) electrons. The smallest absolute Gasteiger partial charge is 0.239 e. The van der Waals surface area contributed by atoms with Gasteiger partial charge in [0.25, 0.3) is 0 Å². The average molecular weight is 295 g/mol. The van der Waals surface area contributed by atoms with Crippen LogP contribution in [0.1, 0.15) is 32.1 Å². The van der Waals surface area contributed by atoms with Crippen molar-refractivity contribution in [2.75, 3.05) is 52.9 Å². The minimum atomic E-state index is 0.139. The predicted molar refractivity (Wildman–Crippen MR) is 82.3 cm³/mol. The molecule has 0 N–H and O–H groups in total. The molecule has 3 aliphatic heterocycles. The number of nitrogens with zero attached hydrogens (tertiary/aromatic N) is 3. The number of rotatable bonds is 5. The third kappa shape index (κ3) is 3.76. The summed E-state index contributed by atoms with van der Waals surface area (Å²) in [5.74, 6) is 0.309. The van der Waals surface area contributed by atoms with Crippen molar-refractivity contribution < 1.29 is 9.53 Å². The summed E-state index contributed by atoms with van der Waals surface area (Å²) in [6, 6.07) is 0.139. The number of amides is 1. The summed E-state index contributed by atoms with van der Waals surface area (Å²) in [6.07, 6.45) is 6.25. The lowest BCUT2D eigenvalue weighted by Crippen LogP contribution is -2.46. The van der Waals surface area contributed by atoms with Gasteiger partial charge in [-0.2, -0.15) is 0 Å². The lowest BCUT2D eigenvalue weighted by molar-refractivity contribution is -0.132. The van der Waals surface area contributed by atoms with E-state index in [1.807, 2.05) is 11.9 Å². The highest BCUT2D eigenvalue weighted by molar-refractivity contribution is 5.83. The predicted octanol–water partition coefficient (Wildman–Crippen LogP) is 0.794. The van der Waals surface area contributed by atoms with E-state index < -0.39 is 0 Å². The lowest BCUT2D eigenvalue weighted by atomic mass is 10.0. The zero-order valence-corrected chi connectivity index (χ0v) is 13.3. The Morgan fingerprint density at radius 1 is 1.05 bits per heavy atom. The highest BCUT2D eigenvalue weighted by Crippen LogP contribution is 2.22. The maximum atomic E-state index is 12.1. The third-order valence-corrected chi connectivity index (χ3v) is 5.28. The number of carbonyl (C=O) groups is 1. The second-order valence-corrected chi connectivity index (χ2v) is 6.72. The van der Waals surface area contributed by atoms with Gasteiger partial charge in [-0.15, -0.1) is 0 Å². The van der Waals surface area contributed by atoms with Crippen molar-refractivity contribution in [3.8, 4) is 0 Å². The van der Waals surface area contributed by atoms with Crippen molar-refractivity contribution in [3.63, 3.8) is 0 Å². The molecule has 5 heteroatoms. The van der Waals surface area contributed by atoms with Gasteiger partial charge in [-0.25, -0.2) is 0 Å². The summed E-state index contributed by atoms with van der Waals surface area (Å²) in [5.41, 5.74) is 0. The van der Waals surface area contributed by atoms with Crippen molar-refractivity contribution >= 4 is 5.91 Å². The van der Waals surface area contributed by atoms with E-state index in [9.17, 15) is 4.79 Å². The molecule has 0 aromatic carbocycles. The fourth-order valence-electron chi connectivity index (χ4n) is 3.85. The molecule has 5 nitrogen and oxygen atoms in total. The molecule has 3 aliphatic rings. The van der Waals surface area contributed by atoms with Crippen LogP contribution < -0.4 is 0 Å². The van der Waals surface area contributed by atoms with Crippen LogP contribution in [0.15, 0.2) is 0 Å². The van der Waals surface area contributed by atoms with Crippen LogP contribution in [0, 0.1) is 0 Å². The number of ether oxygens (including phenoxy) is 1. The Morgan fingerprint density at radius 3 is 2.38 bits per heavy atom. The first-order valence-electron chi connectivity index (χ1n) is 8.57. The summed E-state index contributed by atoms with van der Waals surface area (Å²) >= 11 is 0. The maximum absolute atomic E-state index is 12.1. The molecular formula is C16H29N3O2. The molecular weight excluding hydrogens is 266 g/mol. The van der Waals surface area contributed by atoms with Crippen LogP contribution in [0.25, 0.3) is 0 Å². The fraction of sp³-hybridized carbons (Fsp3) is 0.938. The van der Waals surface area contributed by atoms with Gasteiger partial charge in [-0.3, -0.25) is 9.69 Å². The standard InChI is InChI=1S/C16H29N3O2/c1-17-9-6-15(16(17)20)19-10-4-14(5-11-19)21-13-12-18-7-2-3-8-18/h14-15H,2-13H2,1H3/t15-/m1/s1. The molecule has 0 aromatic rings. The molecule has 0 bridgehead atoms. The molecule has 0 aliphatic carbocycles. The van der Waals surface area contributed by atoms with E-state index in [1.54, 1.807) is 0 Å². The van der Waals surface area contributed by atoms with Crippen LogP contribution in [0.2, 0.25) is 0 Å². The van der Waals surface area contributed by atoms with Gasteiger partial charge in [0.1, 0.15) is 0 Å². The summed E-state index contributed by atoms with van der Waals surface area (Å²) in [7, 11) is 1.91. The fourth-order valence-corrected chi connectivity index (χ4v) is 3.85. The van der Waals surface area contributed by atoms with Gasteiger partial charge in [0.15, 0.2) is 0 Å². The van der Waals surface area contributed by atoms with Gasteiger partial charge >= 0.3 is 0 Å². The van der Waals surface area contributed by atoms with Crippen molar-refractivity contribution in [2.45, 2.75) is 44.2 Å². The van der Waals surface area contributed by atoms with Crippen LogP contribution in [0.3, 0.4) is 0 Å². The molecule has 0 spiro atoms. The average Bonchev–Trinajstić information content (AvgIpc) is 3.12. The summed E-state index contributed by atoms with van der Waals surface area (Å²) in [5, 5.41) is 0. The normalized spacial score (nSPS) is 29.7. The minimum Gasteiger partial charge on any atom is -0.377 e. The second-order valence-electron chi connectivity index (χ2n) is 6.72. The molecule has 0 aromatic heterocycles. The zero-order chi connectivity index (χ0) is 14.7. The molecule has 3 heterocycles. The second kappa shape index (κ2) is 7.07. The van der Waals surface area contributed by atoms with Crippen LogP contribution in [0.5, 0.6) is 0 Å². The van der Waals surface area contributed by atoms with Crippen molar-refractivity contribution in [2.24, 2.45) is 0 Å². The molecule has 120 valence electrons. The minimum absolute atomic E-state index is 0.139. The Bertz CT molecular complexity index is 349. The molecule has 3 fully saturated rings. The summed E-state index contributed by atoms with van der Waals surface area (Å²) in [4.78, 5) is 18.8. The number of hydrogen-bond donors (Lipinski definition) is 0. The third-order valence-electron chi connectivity index (χ3n) is 5.28. The Balaban J connectivity index is 1.34. The molecule has 0 unspecified atom stereocenters. The maximum Gasteiger partial charge on any atom is 0.239 e. The van der Waals surface area contributed by atoms with Crippen LogP contribution >= 0.6 is 0 Å². The van der Waals surface area contributed by atoms with Crippen molar-refractivity contribution in [1.29, 1.82) is 0 Å². The number of likely N-dealkylation sites (N-methyl/N-ethyl adjacent to an activating group) is 1. The van der Waals surface area contributed by atoms with Crippen LogP contribution in [0.4, 0.5) is 0 Å². The molecule has 21 heavy (non-hydrogen) atoms. The van der Waals surface area contributed by atoms with Crippen LogP contribution in [-0.4, -0.2) is 85.7 Å². The first-order valence-corrected chi connectivity index (χ1v) is 8.57. The highest BCUT2D eigenvalue weighted by atomic mass is 16.5. The van der Waals surface area contributed by atoms with E-state index in [-0.39, 0.29) is 6.04 Å². The molecule has 3 rings (SSSR count). The Labute approximate surface area is 128 Å². The van der Waals surface area contributed by atoms with Crippen LogP contribution in [-0.2, 0) is 9.53 Å². The van der Waals surface area contributed by atoms with E-state index in [2.05, 4.69) is 9.80 Å². The van der Waals surface area contributed by atoms with E-state index >= 15 is 0 Å². The largest absolute Gasteiger partial charge is 0.377 e. The number of carbonyl (C=O) groups excluding carboxylic acids is 1. The van der Waals surface area contributed by atoms with Gasteiger partial charge in [-0.05, 0) is 45.2 Å². The Morgan fingerprint density at radius 2 is 1.76 bits per heavy atom. The van der Waals surface area contributed by atoms with E-state index in [4.69, 9.17) is 4.74 Å². The zero-order valence-electron chi connectivity index (χ0n) is 13.3. The number of hydrogen-bond acceptors (Lipinski definition) is 4. The Hall–Kier alpha value is -0.650. The Kier molecular flexibility index (Phi) is 5.14. The van der Waals surface area contributed by atoms with Crippen molar-refractivity contribution in [3.05, 3.63) is 0 Å². The van der Waals surface area contributed by atoms with Gasteiger partial charge in [0.05, 0.1) is 18.8 Å². The summed E-state index contributed by atoms with van der Waals surface area (Å²) < 4.78 is 6.04. The van der Waals surface area contributed by atoms with Gasteiger partial charge in [0.2, 0.25) is 5.91 Å². The quantitative estimate of drug-likeness (QED) is 0.751. The summed E-state index contributed by atoms with van der Waals surface area (Å²) in [6.45, 7) is 7.40. The van der Waals surface area contributed by atoms with Gasteiger partial charge in [-0.1, -0.05) is 0 Å². The molecule has 1 atom stereocenters. The van der Waals surface area contributed by atoms with Gasteiger partial charge in [0, 0.05) is 33.2 Å². The lowest BCUT2D eigenvalue weighted by Gasteiger charge is -2.35. The van der Waals surface area contributed by atoms with Crippen molar-refractivity contribution in [1.82, 2.24) is 14.7 Å². The first kappa shape index (κ1) is 15.3. The SMILES string of the molecule is CN1CC[C@@H](N2CCC(OCCN3CCCC3)CC2)C1=O. The monoisotopic (exact) mass is 295 g/mol. The molecule has 1 amide bonds. The van der Waals surface area contributed by atoms with E-state index in [0.717, 1.165) is 52.0 Å². The highest BCUT2D eigenvalue weighted by Gasteiger charge is 2.35. The topological polar surface area (TPSA) is 36.0 Å². The van der Waals surface area contributed by atoms with E-state index in [1.165, 1.54) is 25.9 Å².